The van der Waals surface area contributed by atoms with Crippen molar-refractivity contribution in [2.24, 2.45) is 0 Å². The number of carbonyl (C=O) groups excluding carboxylic acids is 2. The normalized spacial score (nSPS) is 13.6. The van der Waals surface area contributed by atoms with Crippen LogP contribution in [0.5, 0.6) is 5.75 Å². The van der Waals surface area contributed by atoms with E-state index in [1.165, 1.54) is 6.07 Å². The Labute approximate surface area is 120 Å². The first-order chi connectivity index (χ1) is 10.1. The van der Waals surface area contributed by atoms with Gasteiger partial charge in [-0.05, 0) is 29.8 Å². The number of imide groups is 1. The molecule has 2 aromatic rings. The van der Waals surface area contributed by atoms with Crippen LogP contribution in [0, 0.1) is 5.82 Å². The van der Waals surface area contributed by atoms with Gasteiger partial charge in [-0.3, -0.25) is 14.9 Å². The molecule has 5 heteroatoms. The summed E-state index contributed by atoms with van der Waals surface area (Å²) >= 11 is 0. The van der Waals surface area contributed by atoms with Gasteiger partial charge in [-0.15, -0.1) is 0 Å². The Morgan fingerprint density at radius 2 is 1.95 bits per heavy atom. The summed E-state index contributed by atoms with van der Waals surface area (Å²) in [5.41, 5.74) is 1.53. The lowest BCUT2D eigenvalue weighted by molar-refractivity contribution is -0.119. The lowest BCUT2D eigenvalue weighted by Gasteiger charge is -2.16. The molecule has 21 heavy (non-hydrogen) atoms. The monoisotopic (exact) mass is 285 g/mol. The van der Waals surface area contributed by atoms with E-state index in [-0.39, 0.29) is 24.8 Å². The molecule has 1 aliphatic rings. The van der Waals surface area contributed by atoms with Crippen LogP contribution in [0.3, 0.4) is 0 Å². The highest BCUT2D eigenvalue weighted by molar-refractivity contribution is 6.09. The highest BCUT2D eigenvalue weighted by atomic mass is 19.1. The van der Waals surface area contributed by atoms with E-state index in [4.69, 9.17) is 4.74 Å². The van der Waals surface area contributed by atoms with Crippen molar-refractivity contribution in [3.8, 4) is 5.75 Å². The molecule has 0 aliphatic carbocycles. The van der Waals surface area contributed by atoms with Gasteiger partial charge in [-0.1, -0.05) is 18.2 Å². The van der Waals surface area contributed by atoms with E-state index in [1.54, 1.807) is 36.4 Å². The Bertz CT molecular complexity index is 727. The number of hydrogen-bond acceptors (Lipinski definition) is 3. The van der Waals surface area contributed by atoms with E-state index in [9.17, 15) is 14.0 Å². The highest BCUT2D eigenvalue weighted by Crippen LogP contribution is 2.22. The standard InChI is InChI=1S/C16H12FNO3/c17-14-4-2-1-3-10(14)9-21-12-5-6-13-11(7-12)8-15(19)18-16(13)20/h1-7H,8-9H2,(H,18,19,20). The third kappa shape index (κ3) is 2.76. The predicted molar refractivity (Wildman–Crippen MR) is 73.4 cm³/mol. The van der Waals surface area contributed by atoms with E-state index < -0.39 is 5.91 Å². The first kappa shape index (κ1) is 13.3. The third-order valence-corrected chi connectivity index (χ3v) is 3.28. The van der Waals surface area contributed by atoms with Crippen LogP contribution >= 0.6 is 0 Å². The van der Waals surface area contributed by atoms with Crippen molar-refractivity contribution < 1.29 is 18.7 Å². The maximum absolute atomic E-state index is 13.5. The van der Waals surface area contributed by atoms with Crippen molar-refractivity contribution in [3.63, 3.8) is 0 Å². The van der Waals surface area contributed by atoms with Crippen molar-refractivity contribution in [2.45, 2.75) is 13.0 Å². The fraction of sp³-hybridized carbons (Fsp3) is 0.125. The van der Waals surface area contributed by atoms with Crippen molar-refractivity contribution in [1.29, 1.82) is 0 Å². The maximum atomic E-state index is 13.5. The molecule has 0 fully saturated rings. The van der Waals surface area contributed by atoms with E-state index in [1.807, 2.05) is 0 Å². The number of halogens is 1. The minimum absolute atomic E-state index is 0.0889. The maximum Gasteiger partial charge on any atom is 0.258 e. The van der Waals surface area contributed by atoms with Crippen LogP contribution in [0.2, 0.25) is 0 Å². The molecule has 3 rings (SSSR count). The van der Waals surface area contributed by atoms with Gasteiger partial charge >= 0.3 is 0 Å². The Morgan fingerprint density at radius 3 is 2.76 bits per heavy atom. The Hall–Kier alpha value is -2.69. The van der Waals surface area contributed by atoms with Gasteiger partial charge in [-0.2, -0.15) is 0 Å². The fourth-order valence-electron chi connectivity index (χ4n) is 2.22. The highest BCUT2D eigenvalue weighted by Gasteiger charge is 2.22. The summed E-state index contributed by atoms with van der Waals surface area (Å²) in [6.07, 6.45) is 0.137. The summed E-state index contributed by atoms with van der Waals surface area (Å²) in [7, 11) is 0. The smallest absolute Gasteiger partial charge is 0.258 e. The molecule has 1 N–H and O–H groups in total. The van der Waals surface area contributed by atoms with E-state index in [0.717, 1.165) is 0 Å². The van der Waals surface area contributed by atoms with Gasteiger partial charge in [-0.25, -0.2) is 4.39 Å². The molecule has 0 bridgehead atoms. The molecular formula is C16H12FNO3. The second-order valence-electron chi connectivity index (χ2n) is 4.75. The van der Waals surface area contributed by atoms with Gasteiger partial charge in [0.25, 0.3) is 5.91 Å². The molecule has 0 aromatic heterocycles. The van der Waals surface area contributed by atoms with Crippen LogP contribution in [0.1, 0.15) is 21.5 Å². The molecule has 1 heterocycles. The number of ether oxygens (including phenoxy) is 1. The lowest BCUT2D eigenvalue weighted by atomic mass is 10.00. The van der Waals surface area contributed by atoms with Gasteiger partial charge in [0.05, 0.1) is 6.42 Å². The fourth-order valence-corrected chi connectivity index (χ4v) is 2.22. The van der Waals surface area contributed by atoms with Crippen LogP contribution in [-0.2, 0) is 17.8 Å². The summed E-state index contributed by atoms with van der Waals surface area (Å²) in [6, 6.07) is 11.2. The lowest BCUT2D eigenvalue weighted by Crippen LogP contribution is -2.37. The Kier molecular flexibility index (Phi) is 3.39. The van der Waals surface area contributed by atoms with Gasteiger partial charge < -0.3 is 4.74 Å². The quantitative estimate of drug-likeness (QED) is 0.880. The zero-order valence-electron chi connectivity index (χ0n) is 11.1. The molecule has 0 atom stereocenters. The Balaban J connectivity index is 1.78. The number of nitrogens with one attached hydrogen (secondary N) is 1. The number of carbonyl (C=O) groups is 2. The predicted octanol–water partition coefficient (Wildman–Crippen LogP) is 2.22. The van der Waals surface area contributed by atoms with Gasteiger partial charge in [0.15, 0.2) is 0 Å². The summed E-state index contributed by atoms with van der Waals surface area (Å²) < 4.78 is 19.0. The topological polar surface area (TPSA) is 55.4 Å². The first-order valence-electron chi connectivity index (χ1n) is 6.47. The molecule has 0 spiro atoms. The van der Waals surface area contributed by atoms with Crippen LogP contribution in [0.4, 0.5) is 4.39 Å². The summed E-state index contributed by atoms with van der Waals surface area (Å²) in [5.74, 6) is -0.565. The molecule has 0 unspecified atom stereocenters. The minimum atomic E-state index is -0.401. The van der Waals surface area contributed by atoms with Gasteiger partial charge in [0.2, 0.25) is 5.91 Å². The zero-order chi connectivity index (χ0) is 14.8. The second-order valence-corrected chi connectivity index (χ2v) is 4.75. The number of rotatable bonds is 3. The molecule has 4 nitrogen and oxygen atoms in total. The largest absolute Gasteiger partial charge is 0.489 e. The molecule has 0 radical (unpaired) electrons. The number of fused-ring (bicyclic) bond motifs is 1. The van der Waals surface area contributed by atoms with Crippen molar-refractivity contribution in [3.05, 3.63) is 65.0 Å². The zero-order valence-corrected chi connectivity index (χ0v) is 11.1. The van der Waals surface area contributed by atoms with Crippen LogP contribution in [-0.4, -0.2) is 11.8 Å². The average Bonchev–Trinajstić information content (AvgIpc) is 2.46. The van der Waals surface area contributed by atoms with Gasteiger partial charge in [0, 0.05) is 11.1 Å². The van der Waals surface area contributed by atoms with E-state index in [0.29, 0.717) is 22.4 Å². The van der Waals surface area contributed by atoms with Crippen LogP contribution in [0.15, 0.2) is 42.5 Å². The van der Waals surface area contributed by atoms with Crippen molar-refractivity contribution in [2.75, 3.05) is 0 Å². The number of hydrogen-bond donors (Lipinski definition) is 1. The van der Waals surface area contributed by atoms with Crippen molar-refractivity contribution >= 4 is 11.8 Å². The molecule has 2 amide bonds. The number of amides is 2. The molecule has 0 saturated heterocycles. The van der Waals surface area contributed by atoms with Crippen LogP contribution in [0.25, 0.3) is 0 Å². The molecule has 1 aliphatic heterocycles. The van der Waals surface area contributed by atoms with Gasteiger partial charge in [0.1, 0.15) is 18.2 Å². The van der Waals surface area contributed by atoms with Crippen LogP contribution < -0.4 is 10.1 Å². The third-order valence-electron chi connectivity index (χ3n) is 3.28. The summed E-state index contributed by atoms with van der Waals surface area (Å²) in [5, 5.41) is 2.25. The SMILES string of the molecule is O=C1Cc2cc(OCc3ccccc3F)ccc2C(=O)N1. The molecular weight excluding hydrogens is 273 g/mol. The number of benzene rings is 2. The van der Waals surface area contributed by atoms with Crippen molar-refractivity contribution in [1.82, 2.24) is 5.32 Å². The van der Waals surface area contributed by atoms with E-state index >= 15 is 0 Å². The van der Waals surface area contributed by atoms with E-state index in [2.05, 4.69) is 5.32 Å². The molecule has 0 saturated carbocycles. The molecule has 2 aromatic carbocycles. The minimum Gasteiger partial charge on any atom is -0.489 e. The second kappa shape index (κ2) is 5.36. The molecule has 106 valence electrons. The first-order valence-corrected chi connectivity index (χ1v) is 6.47. The summed E-state index contributed by atoms with van der Waals surface area (Å²) in [6.45, 7) is 0.0889. The Morgan fingerprint density at radius 1 is 1.14 bits per heavy atom. The average molecular weight is 285 g/mol. The summed E-state index contributed by atoms with van der Waals surface area (Å²) in [4.78, 5) is 23.0.